The van der Waals surface area contributed by atoms with E-state index in [0.717, 1.165) is 0 Å². The van der Waals surface area contributed by atoms with Gasteiger partial charge >= 0.3 is 0 Å². The maximum Gasteiger partial charge on any atom is 0.294 e. The Morgan fingerprint density at radius 1 is 1.32 bits per heavy atom. The van der Waals surface area contributed by atoms with Crippen molar-refractivity contribution in [3.05, 3.63) is 52.7 Å². The lowest BCUT2D eigenvalue weighted by molar-refractivity contribution is 0.292. The molecule has 130 valence electrons. The van der Waals surface area contributed by atoms with Crippen LogP contribution in [0.2, 0.25) is 0 Å². The molecule has 3 rings (SSSR count). The number of aliphatic hydroxyl groups excluding tert-OH is 1. The summed E-state index contributed by atoms with van der Waals surface area (Å²) in [4.78, 5) is 20.9. The summed E-state index contributed by atoms with van der Waals surface area (Å²) in [6, 6.07) is 7.36. The molecule has 0 atom stereocenters. The number of anilines is 1. The lowest BCUT2D eigenvalue weighted by Gasteiger charge is -2.11. The van der Waals surface area contributed by atoms with Crippen LogP contribution in [0.3, 0.4) is 0 Å². The highest BCUT2D eigenvalue weighted by Gasteiger charge is 2.13. The van der Waals surface area contributed by atoms with Crippen molar-refractivity contribution in [3.8, 4) is 11.5 Å². The molecule has 0 bridgehead atoms. The van der Waals surface area contributed by atoms with Crippen molar-refractivity contribution in [3.63, 3.8) is 0 Å². The highest BCUT2D eigenvalue weighted by atomic mass is 19.1. The van der Waals surface area contributed by atoms with Crippen LogP contribution in [0.25, 0.3) is 11.0 Å². The Hall–Kier alpha value is -3.00. The molecule has 0 fully saturated rings. The van der Waals surface area contributed by atoms with Gasteiger partial charge in [-0.25, -0.2) is 9.37 Å². The Morgan fingerprint density at radius 3 is 2.88 bits per heavy atom. The van der Waals surface area contributed by atoms with Gasteiger partial charge in [0.25, 0.3) is 5.56 Å². The first kappa shape index (κ1) is 16.8. The number of nitrogens with one attached hydrogen (secondary N) is 1. The molecule has 1 aromatic carbocycles. The van der Waals surface area contributed by atoms with Crippen LogP contribution in [0.1, 0.15) is 6.42 Å². The van der Waals surface area contributed by atoms with Crippen LogP contribution >= 0.6 is 0 Å². The molecular weight excluding hydrogens is 327 g/mol. The van der Waals surface area contributed by atoms with E-state index in [9.17, 15) is 9.18 Å². The monoisotopic (exact) mass is 344 g/mol. The maximum absolute atomic E-state index is 13.7. The van der Waals surface area contributed by atoms with Crippen molar-refractivity contribution in [2.24, 2.45) is 7.05 Å². The molecule has 0 radical (unpaired) electrons. The standard InChI is InChI=1S/C17H17FN4O3/c1-22-15-11(10-20-17(21-15)19-7-4-8-23)9-14(16(22)24)25-13-6-3-2-5-12(13)18/h2-3,5-6,9-10,23H,4,7-8H2,1H3,(H,19,20,21). The predicted molar refractivity (Wildman–Crippen MR) is 91.4 cm³/mol. The fraction of sp³-hybridized carbons (Fsp3) is 0.235. The summed E-state index contributed by atoms with van der Waals surface area (Å²) >= 11 is 0. The SMILES string of the molecule is Cn1c(=O)c(Oc2ccccc2F)cc2cnc(NCCCO)nc21. The van der Waals surface area contributed by atoms with E-state index in [0.29, 0.717) is 29.9 Å². The number of rotatable bonds is 6. The zero-order valence-corrected chi connectivity index (χ0v) is 13.6. The van der Waals surface area contributed by atoms with E-state index in [1.54, 1.807) is 25.4 Å². The van der Waals surface area contributed by atoms with Crippen molar-refractivity contribution in [1.29, 1.82) is 0 Å². The van der Waals surface area contributed by atoms with E-state index in [2.05, 4.69) is 15.3 Å². The van der Waals surface area contributed by atoms with Crippen LogP contribution in [0, 0.1) is 5.82 Å². The Kier molecular flexibility index (Phi) is 4.90. The molecule has 8 heteroatoms. The van der Waals surface area contributed by atoms with Crippen molar-refractivity contribution >= 4 is 17.0 Å². The van der Waals surface area contributed by atoms with E-state index in [4.69, 9.17) is 9.84 Å². The van der Waals surface area contributed by atoms with Gasteiger partial charge in [0.15, 0.2) is 17.3 Å². The molecule has 2 N–H and O–H groups in total. The van der Waals surface area contributed by atoms with Crippen LogP contribution in [0.15, 0.2) is 41.3 Å². The predicted octanol–water partition coefficient (Wildman–Crippen LogP) is 2.05. The highest BCUT2D eigenvalue weighted by Crippen LogP contribution is 2.23. The number of aromatic nitrogens is 3. The molecule has 0 saturated carbocycles. The number of hydrogen-bond donors (Lipinski definition) is 2. The van der Waals surface area contributed by atoms with Gasteiger partial charge in [0, 0.05) is 31.8 Å². The molecule has 0 unspecified atom stereocenters. The fourth-order valence-electron chi connectivity index (χ4n) is 2.30. The van der Waals surface area contributed by atoms with Crippen molar-refractivity contribution < 1.29 is 14.2 Å². The third kappa shape index (κ3) is 3.58. The fourth-order valence-corrected chi connectivity index (χ4v) is 2.30. The number of hydrogen-bond acceptors (Lipinski definition) is 6. The average Bonchev–Trinajstić information content (AvgIpc) is 2.62. The Labute approximate surface area is 142 Å². The number of para-hydroxylation sites is 1. The summed E-state index contributed by atoms with van der Waals surface area (Å²) in [6.07, 6.45) is 2.12. The smallest absolute Gasteiger partial charge is 0.294 e. The number of benzene rings is 1. The number of fused-ring (bicyclic) bond motifs is 1. The molecule has 2 aromatic heterocycles. The van der Waals surface area contributed by atoms with Gasteiger partial charge in [0.2, 0.25) is 5.95 Å². The second-order valence-corrected chi connectivity index (χ2v) is 5.38. The lowest BCUT2D eigenvalue weighted by atomic mass is 10.3. The quantitative estimate of drug-likeness (QED) is 0.665. The number of aliphatic hydroxyl groups is 1. The summed E-state index contributed by atoms with van der Waals surface area (Å²) in [6.45, 7) is 0.584. The van der Waals surface area contributed by atoms with Gasteiger partial charge in [-0.05, 0) is 24.6 Å². The van der Waals surface area contributed by atoms with Crippen LogP contribution in [0.5, 0.6) is 11.5 Å². The van der Waals surface area contributed by atoms with Crippen LogP contribution in [-0.2, 0) is 7.05 Å². The van der Waals surface area contributed by atoms with Crippen molar-refractivity contribution in [2.45, 2.75) is 6.42 Å². The molecule has 7 nitrogen and oxygen atoms in total. The van der Waals surface area contributed by atoms with Gasteiger partial charge in [0.05, 0.1) is 0 Å². The van der Waals surface area contributed by atoms with Crippen molar-refractivity contribution in [2.75, 3.05) is 18.5 Å². The van der Waals surface area contributed by atoms with Gasteiger partial charge in [-0.15, -0.1) is 0 Å². The van der Waals surface area contributed by atoms with Gasteiger partial charge in [-0.2, -0.15) is 4.98 Å². The second-order valence-electron chi connectivity index (χ2n) is 5.38. The van der Waals surface area contributed by atoms with Crippen LogP contribution in [0.4, 0.5) is 10.3 Å². The third-order valence-electron chi connectivity index (χ3n) is 3.59. The minimum absolute atomic E-state index is 0.00955. The molecule has 0 spiro atoms. The summed E-state index contributed by atoms with van der Waals surface area (Å²) in [7, 11) is 1.56. The molecule has 0 aliphatic carbocycles. The van der Waals surface area contributed by atoms with E-state index in [1.807, 2.05) is 0 Å². The molecule has 2 heterocycles. The maximum atomic E-state index is 13.7. The summed E-state index contributed by atoms with van der Waals surface area (Å²) in [5.41, 5.74) is -0.0110. The summed E-state index contributed by atoms with van der Waals surface area (Å²) < 4.78 is 20.5. The first-order valence-corrected chi connectivity index (χ1v) is 7.74. The molecule has 0 aliphatic rings. The summed E-state index contributed by atoms with van der Waals surface area (Å²) in [5, 5.41) is 12.4. The van der Waals surface area contributed by atoms with Crippen LogP contribution < -0.4 is 15.6 Å². The Balaban J connectivity index is 1.97. The van der Waals surface area contributed by atoms with Gasteiger partial charge in [-0.1, -0.05) is 12.1 Å². The van der Waals surface area contributed by atoms with Crippen molar-refractivity contribution in [1.82, 2.24) is 14.5 Å². The zero-order valence-electron chi connectivity index (χ0n) is 13.6. The first-order valence-electron chi connectivity index (χ1n) is 7.74. The van der Waals surface area contributed by atoms with Gasteiger partial charge < -0.3 is 15.2 Å². The third-order valence-corrected chi connectivity index (χ3v) is 3.59. The average molecular weight is 344 g/mol. The highest BCUT2D eigenvalue weighted by molar-refractivity contribution is 5.76. The molecule has 0 saturated heterocycles. The molecule has 3 aromatic rings. The number of nitrogens with zero attached hydrogens (tertiary/aromatic N) is 3. The minimum Gasteiger partial charge on any atom is -0.448 e. The largest absolute Gasteiger partial charge is 0.448 e. The Bertz CT molecular complexity index is 958. The number of pyridine rings is 1. The van der Waals surface area contributed by atoms with Gasteiger partial charge in [0.1, 0.15) is 5.65 Å². The number of ether oxygens (including phenoxy) is 1. The van der Waals surface area contributed by atoms with E-state index >= 15 is 0 Å². The lowest BCUT2D eigenvalue weighted by Crippen LogP contribution is -2.20. The minimum atomic E-state index is -0.552. The Morgan fingerprint density at radius 2 is 2.12 bits per heavy atom. The summed E-state index contributed by atoms with van der Waals surface area (Å²) in [5.74, 6) is -0.227. The second kappa shape index (κ2) is 7.27. The molecule has 0 amide bonds. The normalized spacial score (nSPS) is 10.8. The number of aryl methyl sites for hydroxylation is 1. The van der Waals surface area contributed by atoms with Crippen LogP contribution in [-0.4, -0.2) is 32.8 Å². The van der Waals surface area contributed by atoms with E-state index in [-0.39, 0.29) is 18.1 Å². The molecule has 25 heavy (non-hydrogen) atoms. The molecular formula is C17H17FN4O3. The first-order chi connectivity index (χ1) is 12.1. The number of halogens is 1. The van der Waals surface area contributed by atoms with E-state index in [1.165, 1.54) is 22.8 Å². The zero-order chi connectivity index (χ0) is 17.8. The molecule has 0 aliphatic heterocycles. The van der Waals surface area contributed by atoms with E-state index < -0.39 is 11.4 Å². The topological polar surface area (TPSA) is 89.3 Å². The van der Waals surface area contributed by atoms with Gasteiger partial charge in [-0.3, -0.25) is 9.36 Å².